The summed E-state index contributed by atoms with van der Waals surface area (Å²) in [4.78, 5) is 5.31. The third-order valence-corrected chi connectivity index (χ3v) is 4.88. The fourth-order valence-electron chi connectivity index (χ4n) is 3.65. The van der Waals surface area contributed by atoms with Crippen LogP contribution in [0, 0.1) is 0 Å². The highest BCUT2D eigenvalue weighted by Gasteiger charge is 2.44. The second kappa shape index (κ2) is 5.25. The first-order valence-electron chi connectivity index (χ1n) is 7.30. The summed E-state index contributed by atoms with van der Waals surface area (Å²) in [5, 5.41) is 0. The zero-order valence-corrected chi connectivity index (χ0v) is 11.8. The van der Waals surface area contributed by atoms with Crippen LogP contribution in [0.2, 0.25) is 0 Å². The summed E-state index contributed by atoms with van der Waals surface area (Å²) < 4.78 is 0. The van der Waals surface area contributed by atoms with Crippen LogP contribution in [0.1, 0.15) is 46.5 Å². The molecule has 2 aliphatic rings. The summed E-state index contributed by atoms with van der Waals surface area (Å²) in [6.45, 7) is 11.4. The molecular formula is C14H29N3. The van der Waals surface area contributed by atoms with Gasteiger partial charge in [0, 0.05) is 37.3 Å². The lowest BCUT2D eigenvalue weighted by Crippen LogP contribution is -2.60. The Morgan fingerprint density at radius 2 is 2.06 bits per heavy atom. The standard InChI is InChI=1S/C14H29N3/c1-12(2)16-9-7-14(10-15,11-16)17-8-5-4-6-13(17)3/h12-13H,4-11,15H2,1-3H3. The molecular weight excluding hydrogens is 210 g/mol. The van der Waals surface area contributed by atoms with Crippen LogP contribution in [-0.2, 0) is 0 Å². The maximum atomic E-state index is 6.16. The molecule has 0 aromatic rings. The Morgan fingerprint density at radius 1 is 1.29 bits per heavy atom. The second-order valence-corrected chi connectivity index (χ2v) is 6.28. The predicted octanol–water partition coefficient (Wildman–Crippen LogP) is 1.67. The van der Waals surface area contributed by atoms with Crippen LogP contribution in [0.5, 0.6) is 0 Å². The Morgan fingerprint density at radius 3 is 2.59 bits per heavy atom. The minimum Gasteiger partial charge on any atom is -0.329 e. The molecule has 0 radical (unpaired) electrons. The van der Waals surface area contributed by atoms with Gasteiger partial charge in [0.1, 0.15) is 0 Å². The van der Waals surface area contributed by atoms with Crippen LogP contribution in [-0.4, -0.2) is 53.6 Å². The lowest BCUT2D eigenvalue weighted by atomic mass is 9.90. The summed E-state index contributed by atoms with van der Waals surface area (Å²) in [5.41, 5.74) is 6.42. The summed E-state index contributed by atoms with van der Waals surface area (Å²) in [5.74, 6) is 0. The van der Waals surface area contributed by atoms with E-state index in [1.165, 1.54) is 45.3 Å². The van der Waals surface area contributed by atoms with Crippen molar-refractivity contribution in [2.24, 2.45) is 5.73 Å². The number of hydrogen-bond acceptors (Lipinski definition) is 3. The van der Waals surface area contributed by atoms with Gasteiger partial charge in [0.05, 0.1) is 0 Å². The van der Waals surface area contributed by atoms with Crippen molar-refractivity contribution in [3.05, 3.63) is 0 Å². The van der Waals surface area contributed by atoms with E-state index in [2.05, 4.69) is 30.6 Å². The SMILES string of the molecule is CC(C)N1CCC(CN)(N2CCCCC2C)C1. The number of piperidine rings is 1. The van der Waals surface area contributed by atoms with E-state index in [1.54, 1.807) is 0 Å². The Bertz CT molecular complexity index is 254. The minimum absolute atomic E-state index is 0.268. The minimum atomic E-state index is 0.268. The lowest BCUT2D eigenvalue weighted by molar-refractivity contribution is 0.0328. The number of rotatable bonds is 3. The first-order valence-corrected chi connectivity index (χ1v) is 7.30. The van der Waals surface area contributed by atoms with Gasteiger partial charge in [-0.05, 0) is 46.6 Å². The highest BCUT2D eigenvalue weighted by atomic mass is 15.3. The van der Waals surface area contributed by atoms with E-state index in [0.29, 0.717) is 6.04 Å². The molecule has 100 valence electrons. The van der Waals surface area contributed by atoms with Gasteiger partial charge in [-0.25, -0.2) is 0 Å². The number of likely N-dealkylation sites (tertiary alicyclic amines) is 2. The molecule has 0 aromatic heterocycles. The Hall–Kier alpha value is -0.120. The molecule has 3 heteroatoms. The normalized spacial score (nSPS) is 36.9. The molecule has 2 unspecified atom stereocenters. The fourth-order valence-corrected chi connectivity index (χ4v) is 3.65. The highest BCUT2D eigenvalue weighted by molar-refractivity contribution is 5.02. The quantitative estimate of drug-likeness (QED) is 0.813. The van der Waals surface area contributed by atoms with E-state index in [4.69, 9.17) is 5.73 Å². The van der Waals surface area contributed by atoms with Crippen molar-refractivity contribution in [1.29, 1.82) is 0 Å². The zero-order chi connectivity index (χ0) is 12.5. The van der Waals surface area contributed by atoms with Crippen LogP contribution in [0.25, 0.3) is 0 Å². The van der Waals surface area contributed by atoms with Crippen molar-refractivity contribution in [1.82, 2.24) is 9.80 Å². The van der Waals surface area contributed by atoms with E-state index in [1.807, 2.05) is 0 Å². The summed E-state index contributed by atoms with van der Waals surface area (Å²) in [6.07, 6.45) is 5.36. The average Bonchev–Trinajstić information content (AvgIpc) is 2.75. The number of nitrogens with zero attached hydrogens (tertiary/aromatic N) is 2. The van der Waals surface area contributed by atoms with Gasteiger partial charge < -0.3 is 5.73 Å². The molecule has 0 bridgehead atoms. The molecule has 3 nitrogen and oxygen atoms in total. The van der Waals surface area contributed by atoms with E-state index < -0.39 is 0 Å². The first-order chi connectivity index (χ1) is 8.09. The Labute approximate surface area is 106 Å². The smallest absolute Gasteiger partial charge is 0.0473 e. The maximum absolute atomic E-state index is 6.16. The highest BCUT2D eigenvalue weighted by Crippen LogP contribution is 2.33. The largest absolute Gasteiger partial charge is 0.329 e. The van der Waals surface area contributed by atoms with Crippen molar-refractivity contribution < 1.29 is 0 Å². The molecule has 17 heavy (non-hydrogen) atoms. The zero-order valence-electron chi connectivity index (χ0n) is 11.8. The molecule has 0 spiro atoms. The monoisotopic (exact) mass is 239 g/mol. The molecule has 2 fully saturated rings. The molecule has 2 atom stereocenters. The first kappa shape index (κ1) is 13.3. The van der Waals surface area contributed by atoms with Crippen LogP contribution in [0.15, 0.2) is 0 Å². The van der Waals surface area contributed by atoms with Gasteiger partial charge in [-0.2, -0.15) is 0 Å². The summed E-state index contributed by atoms with van der Waals surface area (Å²) >= 11 is 0. The van der Waals surface area contributed by atoms with Gasteiger partial charge in [-0.15, -0.1) is 0 Å². The van der Waals surface area contributed by atoms with Gasteiger partial charge in [-0.3, -0.25) is 9.80 Å². The predicted molar refractivity (Wildman–Crippen MR) is 73.1 cm³/mol. The van der Waals surface area contributed by atoms with Crippen LogP contribution in [0.3, 0.4) is 0 Å². The van der Waals surface area contributed by atoms with Gasteiger partial charge in [0.2, 0.25) is 0 Å². The number of hydrogen-bond donors (Lipinski definition) is 1. The second-order valence-electron chi connectivity index (χ2n) is 6.28. The van der Waals surface area contributed by atoms with Gasteiger partial charge in [-0.1, -0.05) is 6.42 Å². The van der Waals surface area contributed by atoms with E-state index in [-0.39, 0.29) is 5.54 Å². The molecule has 0 aliphatic carbocycles. The van der Waals surface area contributed by atoms with Crippen molar-refractivity contribution >= 4 is 0 Å². The molecule has 2 heterocycles. The van der Waals surface area contributed by atoms with Crippen LogP contribution < -0.4 is 5.73 Å². The van der Waals surface area contributed by atoms with Crippen molar-refractivity contribution in [2.75, 3.05) is 26.2 Å². The maximum Gasteiger partial charge on any atom is 0.0473 e. The van der Waals surface area contributed by atoms with Crippen LogP contribution in [0.4, 0.5) is 0 Å². The van der Waals surface area contributed by atoms with Crippen molar-refractivity contribution in [3.63, 3.8) is 0 Å². The topological polar surface area (TPSA) is 32.5 Å². The lowest BCUT2D eigenvalue weighted by Gasteiger charge is -2.47. The third kappa shape index (κ3) is 2.51. The molecule has 2 rings (SSSR count). The van der Waals surface area contributed by atoms with E-state index in [9.17, 15) is 0 Å². The van der Waals surface area contributed by atoms with E-state index >= 15 is 0 Å². The summed E-state index contributed by atoms with van der Waals surface area (Å²) in [6, 6.07) is 1.38. The Kier molecular flexibility index (Phi) is 4.11. The van der Waals surface area contributed by atoms with Crippen LogP contribution >= 0.6 is 0 Å². The van der Waals surface area contributed by atoms with Crippen molar-refractivity contribution in [3.8, 4) is 0 Å². The molecule has 0 aromatic carbocycles. The molecule has 2 aliphatic heterocycles. The number of nitrogens with two attached hydrogens (primary N) is 1. The molecule has 2 N–H and O–H groups in total. The summed E-state index contributed by atoms with van der Waals surface area (Å²) in [7, 11) is 0. The van der Waals surface area contributed by atoms with E-state index in [0.717, 1.165) is 12.6 Å². The molecule has 0 saturated carbocycles. The van der Waals surface area contributed by atoms with Gasteiger partial charge in [0.25, 0.3) is 0 Å². The third-order valence-electron chi connectivity index (χ3n) is 4.88. The Balaban J connectivity index is 2.09. The molecule has 2 saturated heterocycles. The van der Waals surface area contributed by atoms with Crippen molar-refractivity contribution in [2.45, 2.75) is 64.1 Å². The molecule has 0 amide bonds. The van der Waals surface area contributed by atoms with Gasteiger partial charge >= 0.3 is 0 Å². The van der Waals surface area contributed by atoms with Gasteiger partial charge in [0.15, 0.2) is 0 Å². The fraction of sp³-hybridized carbons (Fsp3) is 1.00. The average molecular weight is 239 g/mol.